The molecule has 0 bridgehead atoms. The van der Waals surface area contributed by atoms with E-state index in [0.29, 0.717) is 146 Å². The number of benzene rings is 2. The second-order valence-corrected chi connectivity index (χ2v) is 10.9. The molecule has 2 heterocycles. The van der Waals surface area contributed by atoms with Crippen molar-refractivity contribution in [2.45, 2.75) is 19.3 Å². The van der Waals surface area contributed by atoms with Gasteiger partial charge in [0.2, 0.25) is 11.8 Å². The summed E-state index contributed by atoms with van der Waals surface area (Å²) in [5.41, 5.74) is 6.36. The third-order valence-corrected chi connectivity index (χ3v) is 6.98. The van der Waals surface area contributed by atoms with Crippen LogP contribution in [0, 0.1) is 0 Å². The van der Waals surface area contributed by atoms with E-state index in [1.54, 1.807) is 36.4 Å². The normalized spacial score (nSPS) is 17.7. The van der Waals surface area contributed by atoms with Gasteiger partial charge < -0.3 is 47.4 Å². The van der Waals surface area contributed by atoms with E-state index in [1.807, 2.05) is 0 Å². The Bertz CT molecular complexity index is 1270. The summed E-state index contributed by atoms with van der Waals surface area (Å²) in [6.07, 6.45) is 3.53. The van der Waals surface area contributed by atoms with Crippen molar-refractivity contribution < 1.29 is 57.0 Å². The molecule has 2 aromatic rings. The second-order valence-electron chi connectivity index (χ2n) is 10.9. The molecule has 0 aliphatic carbocycles. The van der Waals surface area contributed by atoms with Gasteiger partial charge in [0.15, 0.2) is 23.0 Å². The van der Waals surface area contributed by atoms with Crippen LogP contribution in [0.25, 0.3) is 0 Å². The maximum absolute atomic E-state index is 12.3. The fraction of sp³-hybridized carbons (Fsp3) is 0.543. The zero-order chi connectivity index (χ0) is 35.6. The van der Waals surface area contributed by atoms with Gasteiger partial charge in [-0.15, -0.1) is 0 Å². The summed E-state index contributed by atoms with van der Waals surface area (Å²) in [7, 11) is 0. The first-order chi connectivity index (χ1) is 25.2. The molecular weight excluding hydrogens is 668 g/mol. The Balaban J connectivity index is 1.17. The first kappa shape index (κ1) is 39.5. The second kappa shape index (κ2) is 24.8. The SMILES string of the molecule is O=C(CCCC(=O)N/N=C/c1ccc2c(c1)OCCOCCOCCOCCO2)N/N=C/c1ccc2c(c1)OCCOCCOCCOCCO2. The Morgan fingerprint density at radius 2 is 0.784 bits per heavy atom. The fourth-order valence-corrected chi connectivity index (χ4v) is 4.48. The van der Waals surface area contributed by atoms with Crippen molar-refractivity contribution in [1.82, 2.24) is 10.9 Å². The molecule has 16 heteroatoms. The number of carbonyl (C=O) groups is 2. The van der Waals surface area contributed by atoms with Crippen molar-refractivity contribution in [2.24, 2.45) is 10.2 Å². The van der Waals surface area contributed by atoms with Gasteiger partial charge in [-0.05, 0) is 53.9 Å². The average Bonchev–Trinajstić information content (AvgIpc) is 3.14. The van der Waals surface area contributed by atoms with Gasteiger partial charge in [-0.1, -0.05) is 0 Å². The smallest absolute Gasteiger partial charge is 0.240 e. The van der Waals surface area contributed by atoms with Crippen molar-refractivity contribution in [3.63, 3.8) is 0 Å². The van der Waals surface area contributed by atoms with Crippen LogP contribution in [0.3, 0.4) is 0 Å². The number of nitrogens with zero attached hydrogens (tertiary/aromatic N) is 2. The van der Waals surface area contributed by atoms with Crippen molar-refractivity contribution in [3.8, 4) is 23.0 Å². The van der Waals surface area contributed by atoms with Crippen molar-refractivity contribution in [2.75, 3.05) is 106 Å². The Hall–Kier alpha value is -4.32. The number of nitrogens with one attached hydrogen (secondary N) is 2. The Labute approximate surface area is 297 Å². The van der Waals surface area contributed by atoms with Gasteiger partial charge in [-0.25, -0.2) is 10.9 Å². The van der Waals surface area contributed by atoms with E-state index in [4.69, 9.17) is 47.4 Å². The van der Waals surface area contributed by atoms with Gasteiger partial charge in [0.25, 0.3) is 0 Å². The Kier molecular flexibility index (Phi) is 19.2. The lowest BCUT2D eigenvalue weighted by Crippen LogP contribution is -2.20. The van der Waals surface area contributed by atoms with Gasteiger partial charge in [0.1, 0.15) is 26.4 Å². The predicted molar refractivity (Wildman–Crippen MR) is 185 cm³/mol. The summed E-state index contributed by atoms with van der Waals surface area (Å²) >= 11 is 0. The van der Waals surface area contributed by atoms with Crippen LogP contribution in [0.2, 0.25) is 0 Å². The average molecular weight is 717 g/mol. The molecule has 0 fully saturated rings. The monoisotopic (exact) mass is 716 g/mol. The first-order valence-electron chi connectivity index (χ1n) is 17.1. The lowest BCUT2D eigenvalue weighted by atomic mass is 10.2. The molecule has 0 radical (unpaired) electrons. The van der Waals surface area contributed by atoms with E-state index in [-0.39, 0.29) is 24.7 Å². The highest BCUT2D eigenvalue weighted by molar-refractivity contribution is 5.84. The molecule has 0 saturated heterocycles. The Morgan fingerprint density at radius 1 is 0.471 bits per heavy atom. The summed E-state index contributed by atoms with van der Waals surface area (Å²) in [5.74, 6) is 1.51. The van der Waals surface area contributed by atoms with Gasteiger partial charge in [0.05, 0.1) is 91.7 Å². The number of fused-ring (bicyclic) bond motifs is 2. The highest BCUT2D eigenvalue weighted by Gasteiger charge is 2.10. The van der Waals surface area contributed by atoms with Gasteiger partial charge in [-0.3, -0.25) is 9.59 Å². The molecule has 0 saturated carbocycles. The highest BCUT2D eigenvalue weighted by Crippen LogP contribution is 2.29. The molecule has 2 aromatic carbocycles. The molecule has 4 rings (SSSR count). The zero-order valence-electron chi connectivity index (χ0n) is 28.8. The van der Waals surface area contributed by atoms with Gasteiger partial charge in [0, 0.05) is 12.8 Å². The third-order valence-electron chi connectivity index (χ3n) is 6.98. The molecule has 280 valence electrons. The largest absolute Gasteiger partial charge is 0.487 e. The molecule has 0 spiro atoms. The lowest BCUT2D eigenvalue weighted by Gasteiger charge is -2.13. The number of hydrogen-bond acceptors (Lipinski definition) is 14. The number of rotatable bonds is 8. The molecule has 2 aliphatic rings. The topological polar surface area (TPSA) is 175 Å². The molecule has 0 unspecified atom stereocenters. The summed E-state index contributed by atoms with van der Waals surface area (Å²) in [6, 6.07) is 10.7. The molecule has 2 aliphatic heterocycles. The fourth-order valence-electron chi connectivity index (χ4n) is 4.48. The van der Waals surface area contributed by atoms with Crippen LogP contribution >= 0.6 is 0 Å². The minimum atomic E-state index is -0.328. The quantitative estimate of drug-likeness (QED) is 0.301. The van der Waals surface area contributed by atoms with E-state index in [2.05, 4.69) is 21.1 Å². The van der Waals surface area contributed by atoms with E-state index in [9.17, 15) is 9.59 Å². The van der Waals surface area contributed by atoms with Crippen LogP contribution in [0.1, 0.15) is 30.4 Å². The molecule has 51 heavy (non-hydrogen) atoms. The van der Waals surface area contributed by atoms with Crippen molar-refractivity contribution in [3.05, 3.63) is 47.5 Å². The lowest BCUT2D eigenvalue weighted by molar-refractivity contribution is -0.122. The minimum Gasteiger partial charge on any atom is -0.487 e. The molecule has 16 nitrogen and oxygen atoms in total. The number of amides is 2. The summed E-state index contributed by atoms with van der Waals surface area (Å²) < 4.78 is 56.3. The van der Waals surface area contributed by atoms with Crippen molar-refractivity contribution >= 4 is 24.2 Å². The summed E-state index contributed by atoms with van der Waals surface area (Å²) in [5, 5.41) is 8.08. The van der Waals surface area contributed by atoms with E-state index in [0.717, 1.165) is 0 Å². The molecular formula is C35H48N4O12. The van der Waals surface area contributed by atoms with E-state index < -0.39 is 0 Å². The summed E-state index contributed by atoms with van der Waals surface area (Å²) in [6.45, 7) is 6.81. The van der Waals surface area contributed by atoms with Crippen LogP contribution in [0.5, 0.6) is 23.0 Å². The summed E-state index contributed by atoms with van der Waals surface area (Å²) in [4.78, 5) is 24.6. The van der Waals surface area contributed by atoms with Gasteiger partial charge >= 0.3 is 0 Å². The molecule has 2 N–H and O–H groups in total. The number of hydrazone groups is 2. The molecule has 0 atom stereocenters. The van der Waals surface area contributed by atoms with Crippen LogP contribution in [0.15, 0.2) is 46.6 Å². The van der Waals surface area contributed by atoms with Crippen LogP contribution < -0.4 is 29.8 Å². The van der Waals surface area contributed by atoms with E-state index in [1.165, 1.54) is 12.4 Å². The Morgan fingerprint density at radius 3 is 1.14 bits per heavy atom. The maximum atomic E-state index is 12.3. The minimum absolute atomic E-state index is 0.104. The number of carbonyl (C=O) groups excluding carboxylic acids is 2. The highest BCUT2D eigenvalue weighted by atomic mass is 16.6. The van der Waals surface area contributed by atoms with Crippen LogP contribution in [0.4, 0.5) is 0 Å². The van der Waals surface area contributed by atoms with Crippen molar-refractivity contribution in [1.29, 1.82) is 0 Å². The van der Waals surface area contributed by atoms with E-state index >= 15 is 0 Å². The predicted octanol–water partition coefficient (Wildman–Crippen LogP) is 2.10. The third kappa shape index (κ3) is 17.0. The maximum Gasteiger partial charge on any atom is 0.240 e. The first-order valence-corrected chi connectivity index (χ1v) is 17.1. The molecule has 0 aromatic heterocycles. The zero-order valence-corrected chi connectivity index (χ0v) is 28.8. The number of ether oxygens (including phenoxy) is 10. The molecule has 2 amide bonds. The standard InChI is InChI=1S/C35H48N4O12/c40-34(38-36-26-28-4-6-30-32(24-28)50-22-18-46-14-10-42-8-12-44-16-20-48-30)2-1-3-35(41)39-37-27-29-5-7-31-33(25-29)51-23-19-47-15-11-43-9-13-45-17-21-49-31/h4-7,24-27H,1-3,8-23H2,(H,38,40)(H,39,41)/b36-26+,37-27+. The van der Waals surface area contributed by atoms with Crippen LogP contribution in [-0.4, -0.2) is 130 Å². The number of hydrogen-bond donors (Lipinski definition) is 2. The van der Waals surface area contributed by atoms with Gasteiger partial charge in [-0.2, -0.15) is 10.2 Å². The van der Waals surface area contributed by atoms with Crippen LogP contribution in [-0.2, 0) is 38.0 Å².